The Bertz CT molecular complexity index is 1840. The van der Waals surface area contributed by atoms with Gasteiger partial charge in [-0.3, -0.25) is 14.3 Å². The number of H-pyrrole nitrogens is 2. The first-order valence-corrected chi connectivity index (χ1v) is 11.7. The number of sulfonamides is 1. The maximum Gasteiger partial charge on any atom is 0.315 e. The molecule has 34 heavy (non-hydrogen) atoms. The fourth-order valence-corrected chi connectivity index (χ4v) is 5.02. The third-order valence-electron chi connectivity index (χ3n) is 4.99. The fourth-order valence-electron chi connectivity index (χ4n) is 3.50. The Morgan fingerprint density at radius 1 is 1.03 bits per heavy atom. The molecule has 4 heterocycles. The van der Waals surface area contributed by atoms with Crippen LogP contribution in [0.3, 0.4) is 0 Å². The summed E-state index contributed by atoms with van der Waals surface area (Å²) in [6.07, 6.45) is 1.59. The van der Waals surface area contributed by atoms with Gasteiger partial charge in [-0.15, -0.1) is 0 Å². The van der Waals surface area contributed by atoms with Crippen molar-refractivity contribution in [3.63, 3.8) is 0 Å². The zero-order chi connectivity index (χ0) is 24.2. The van der Waals surface area contributed by atoms with Crippen LogP contribution < -0.4 is 15.8 Å². The molecule has 11 nitrogen and oxygen atoms in total. The number of nitrogens with zero attached hydrogens (tertiary/aromatic N) is 3. The second kappa shape index (κ2) is 7.78. The molecule has 3 N–H and O–H groups in total. The standard InChI is InChI=1S/C21H15ClN6O5S/c1-9-5-15-17(26-19(30)18(29)25-15)27-21(9)34(31,32)28-12-3-4-13(14(22)7-12)11-6-16-20(23-8-11)33-10(2)24-16/h3-8,28H,1-2H3,(H,25,29)(H,26,27,30). The molecular weight excluding hydrogens is 484 g/mol. The van der Waals surface area contributed by atoms with Crippen molar-refractivity contribution < 1.29 is 12.8 Å². The lowest BCUT2D eigenvalue weighted by Gasteiger charge is -2.12. The van der Waals surface area contributed by atoms with E-state index in [4.69, 9.17) is 16.0 Å². The predicted octanol–water partition coefficient (Wildman–Crippen LogP) is 2.89. The summed E-state index contributed by atoms with van der Waals surface area (Å²) < 4.78 is 33.9. The molecule has 0 radical (unpaired) electrons. The summed E-state index contributed by atoms with van der Waals surface area (Å²) in [4.78, 5) is 40.3. The van der Waals surface area contributed by atoms with E-state index in [9.17, 15) is 18.0 Å². The van der Waals surface area contributed by atoms with E-state index in [1.54, 1.807) is 31.3 Å². The zero-order valence-corrected chi connectivity index (χ0v) is 19.2. The number of anilines is 1. The van der Waals surface area contributed by atoms with E-state index < -0.39 is 21.1 Å². The molecule has 0 atom stereocenters. The minimum absolute atomic E-state index is 0.0602. The minimum atomic E-state index is -4.15. The molecule has 0 saturated carbocycles. The number of rotatable bonds is 4. The number of hydrogen-bond acceptors (Lipinski definition) is 8. The van der Waals surface area contributed by atoms with E-state index in [0.29, 0.717) is 28.2 Å². The molecule has 4 aromatic heterocycles. The summed E-state index contributed by atoms with van der Waals surface area (Å²) in [5, 5.41) is -0.0226. The van der Waals surface area contributed by atoms with Gasteiger partial charge in [-0.05, 0) is 36.8 Å². The second-order valence-electron chi connectivity index (χ2n) is 7.50. The highest BCUT2D eigenvalue weighted by Crippen LogP contribution is 2.32. The highest BCUT2D eigenvalue weighted by molar-refractivity contribution is 7.92. The Balaban J connectivity index is 1.49. The van der Waals surface area contributed by atoms with Gasteiger partial charge in [-0.25, -0.2) is 15.0 Å². The van der Waals surface area contributed by atoms with Crippen LogP contribution in [-0.2, 0) is 10.0 Å². The molecule has 0 amide bonds. The highest BCUT2D eigenvalue weighted by Gasteiger charge is 2.21. The highest BCUT2D eigenvalue weighted by atomic mass is 35.5. The largest absolute Gasteiger partial charge is 0.423 e. The summed E-state index contributed by atoms with van der Waals surface area (Å²) in [5.74, 6) is 0.489. The lowest BCUT2D eigenvalue weighted by molar-refractivity contribution is 0.551. The molecule has 0 aliphatic rings. The molecule has 13 heteroatoms. The summed E-state index contributed by atoms with van der Waals surface area (Å²) in [7, 11) is -4.15. The Labute approximate surface area is 195 Å². The molecule has 0 saturated heterocycles. The van der Waals surface area contributed by atoms with Gasteiger partial charge in [0.25, 0.3) is 10.0 Å². The summed E-state index contributed by atoms with van der Waals surface area (Å²) in [5.41, 5.74) is 1.13. The van der Waals surface area contributed by atoms with Gasteiger partial charge in [0.1, 0.15) is 5.52 Å². The van der Waals surface area contributed by atoms with Gasteiger partial charge in [-0.2, -0.15) is 8.42 Å². The van der Waals surface area contributed by atoms with Gasteiger partial charge >= 0.3 is 11.1 Å². The number of aryl methyl sites for hydroxylation is 2. The molecule has 0 bridgehead atoms. The van der Waals surface area contributed by atoms with Gasteiger partial charge in [0.2, 0.25) is 5.71 Å². The Morgan fingerprint density at radius 2 is 1.79 bits per heavy atom. The second-order valence-corrected chi connectivity index (χ2v) is 9.50. The van der Waals surface area contributed by atoms with Crippen molar-refractivity contribution in [2.75, 3.05) is 4.72 Å². The predicted molar refractivity (Wildman–Crippen MR) is 126 cm³/mol. The normalized spacial score (nSPS) is 11.9. The minimum Gasteiger partial charge on any atom is -0.423 e. The Kier molecular flexibility index (Phi) is 4.99. The topological polar surface area (TPSA) is 164 Å². The van der Waals surface area contributed by atoms with E-state index in [2.05, 4.69) is 29.6 Å². The average Bonchev–Trinajstić information content (AvgIpc) is 3.13. The molecule has 172 valence electrons. The fraction of sp³-hybridized carbons (Fsp3) is 0.0952. The van der Waals surface area contributed by atoms with Crippen molar-refractivity contribution >= 4 is 49.7 Å². The van der Waals surface area contributed by atoms with Crippen molar-refractivity contribution in [2.45, 2.75) is 18.9 Å². The van der Waals surface area contributed by atoms with E-state index >= 15 is 0 Å². The van der Waals surface area contributed by atoms with Crippen LogP contribution in [0.4, 0.5) is 5.69 Å². The van der Waals surface area contributed by atoms with Gasteiger partial charge < -0.3 is 14.4 Å². The Hall–Kier alpha value is -4.03. The Morgan fingerprint density at radius 3 is 2.56 bits per heavy atom. The number of aromatic amines is 2. The average molecular weight is 499 g/mol. The van der Waals surface area contributed by atoms with E-state index in [1.165, 1.54) is 19.1 Å². The van der Waals surface area contributed by atoms with Crippen LogP contribution in [0.1, 0.15) is 11.5 Å². The number of nitrogens with one attached hydrogen (secondary N) is 3. The van der Waals surface area contributed by atoms with Crippen LogP contribution in [0.5, 0.6) is 0 Å². The number of pyridine rings is 2. The van der Waals surface area contributed by atoms with Gasteiger partial charge in [0.05, 0.1) is 16.2 Å². The van der Waals surface area contributed by atoms with Crippen LogP contribution in [0.2, 0.25) is 5.02 Å². The van der Waals surface area contributed by atoms with Crippen molar-refractivity contribution in [1.29, 1.82) is 0 Å². The SMILES string of the molecule is Cc1nc2cc(-c3ccc(NS(=O)(=O)c4nc5[nH]c(=O)c(=O)[nH]c5cc4C)cc3Cl)cnc2o1. The molecular formula is C21H15ClN6O5S. The molecule has 0 fully saturated rings. The maximum absolute atomic E-state index is 13.0. The van der Waals surface area contributed by atoms with Crippen molar-refractivity contribution in [3.05, 3.63) is 73.7 Å². The lowest BCUT2D eigenvalue weighted by atomic mass is 10.1. The number of halogens is 1. The van der Waals surface area contributed by atoms with Gasteiger partial charge in [0.15, 0.2) is 16.6 Å². The van der Waals surface area contributed by atoms with Crippen molar-refractivity contribution in [3.8, 4) is 11.1 Å². The number of benzene rings is 1. The zero-order valence-electron chi connectivity index (χ0n) is 17.6. The summed E-state index contributed by atoms with van der Waals surface area (Å²) >= 11 is 6.44. The first-order valence-electron chi connectivity index (χ1n) is 9.80. The van der Waals surface area contributed by atoms with E-state index in [-0.39, 0.29) is 32.5 Å². The number of aromatic nitrogens is 5. The molecule has 0 spiro atoms. The first kappa shape index (κ1) is 21.8. The molecule has 0 unspecified atom stereocenters. The van der Waals surface area contributed by atoms with Crippen LogP contribution in [-0.4, -0.2) is 33.3 Å². The number of hydrogen-bond donors (Lipinski definition) is 3. The smallest absolute Gasteiger partial charge is 0.315 e. The van der Waals surface area contributed by atoms with Gasteiger partial charge in [-0.1, -0.05) is 17.7 Å². The third kappa shape index (κ3) is 3.82. The van der Waals surface area contributed by atoms with Crippen LogP contribution in [0.25, 0.3) is 33.5 Å². The maximum atomic E-state index is 13.0. The van der Waals surface area contributed by atoms with Crippen molar-refractivity contribution in [2.24, 2.45) is 0 Å². The van der Waals surface area contributed by atoms with E-state index in [1.807, 2.05) is 0 Å². The number of fused-ring (bicyclic) bond motifs is 2. The molecule has 5 rings (SSSR count). The monoisotopic (exact) mass is 498 g/mol. The molecule has 5 aromatic rings. The quantitative estimate of drug-likeness (QED) is 0.318. The summed E-state index contributed by atoms with van der Waals surface area (Å²) in [6.45, 7) is 3.24. The summed E-state index contributed by atoms with van der Waals surface area (Å²) in [6, 6.07) is 7.85. The van der Waals surface area contributed by atoms with Crippen LogP contribution in [0, 0.1) is 13.8 Å². The first-order chi connectivity index (χ1) is 16.1. The van der Waals surface area contributed by atoms with Crippen molar-refractivity contribution in [1.82, 2.24) is 24.9 Å². The van der Waals surface area contributed by atoms with Crippen LogP contribution in [0.15, 0.2) is 55.6 Å². The number of oxazole rings is 1. The molecule has 1 aromatic carbocycles. The van der Waals surface area contributed by atoms with Gasteiger partial charge in [0, 0.05) is 24.2 Å². The third-order valence-corrected chi connectivity index (χ3v) is 6.73. The molecule has 0 aliphatic heterocycles. The van der Waals surface area contributed by atoms with E-state index in [0.717, 1.165) is 0 Å². The molecule has 0 aliphatic carbocycles. The lowest BCUT2D eigenvalue weighted by Crippen LogP contribution is -2.29. The van der Waals surface area contributed by atoms with Crippen LogP contribution >= 0.6 is 11.6 Å².